The maximum atomic E-state index is 13.4. The van der Waals surface area contributed by atoms with Crippen LogP contribution in [0.5, 0.6) is 0 Å². The summed E-state index contributed by atoms with van der Waals surface area (Å²) in [5, 5.41) is 15.3. The van der Waals surface area contributed by atoms with E-state index in [9.17, 15) is 13.9 Å². The zero-order chi connectivity index (χ0) is 19.2. The molecule has 0 unspecified atom stereocenters. The number of benzene rings is 1. The number of aliphatic hydroxyl groups excluding tert-OH is 1. The van der Waals surface area contributed by atoms with Crippen molar-refractivity contribution in [3.63, 3.8) is 0 Å². The molecule has 0 spiro atoms. The first-order valence-corrected chi connectivity index (χ1v) is 8.39. The molecule has 3 aromatic rings. The summed E-state index contributed by atoms with van der Waals surface area (Å²) in [7, 11) is 0. The summed E-state index contributed by atoms with van der Waals surface area (Å²) in [4.78, 5) is 12.9. The molecule has 27 heavy (non-hydrogen) atoms. The van der Waals surface area contributed by atoms with Crippen LogP contribution in [0.15, 0.2) is 48.8 Å². The predicted octanol–water partition coefficient (Wildman–Crippen LogP) is 3.22. The van der Waals surface area contributed by atoms with E-state index in [-0.39, 0.29) is 19.2 Å². The number of nitrogens with one attached hydrogen (secondary N) is 2. The molecule has 1 atom stereocenters. The highest BCUT2D eigenvalue weighted by molar-refractivity contribution is 5.63. The van der Waals surface area contributed by atoms with Crippen molar-refractivity contribution in [2.45, 2.75) is 19.5 Å². The fraction of sp³-hybridized carbons (Fsp3) is 0.211. The topological polar surface area (TPSA) is 83.0 Å². The van der Waals surface area contributed by atoms with Crippen molar-refractivity contribution in [1.29, 1.82) is 0 Å². The molecule has 0 amide bonds. The van der Waals surface area contributed by atoms with Crippen LogP contribution in [0.2, 0.25) is 0 Å². The maximum absolute atomic E-state index is 13.4. The Bertz CT molecular complexity index is 888. The van der Waals surface area contributed by atoms with E-state index in [0.717, 1.165) is 11.6 Å². The second-order valence-corrected chi connectivity index (χ2v) is 6.06. The van der Waals surface area contributed by atoms with Gasteiger partial charge in [-0.1, -0.05) is 0 Å². The van der Waals surface area contributed by atoms with Gasteiger partial charge in [0, 0.05) is 42.7 Å². The van der Waals surface area contributed by atoms with Gasteiger partial charge in [-0.3, -0.25) is 4.98 Å². The Labute approximate surface area is 155 Å². The van der Waals surface area contributed by atoms with Gasteiger partial charge >= 0.3 is 0 Å². The lowest BCUT2D eigenvalue weighted by Crippen LogP contribution is -2.21. The number of hydrogen-bond donors (Lipinski definition) is 3. The van der Waals surface area contributed by atoms with Crippen LogP contribution in [0.4, 0.5) is 20.5 Å². The number of anilines is 2. The van der Waals surface area contributed by atoms with Gasteiger partial charge in [-0.15, -0.1) is 0 Å². The van der Waals surface area contributed by atoms with Crippen LogP contribution in [-0.2, 0) is 6.54 Å². The molecule has 2 heterocycles. The van der Waals surface area contributed by atoms with Crippen LogP contribution in [-0.4, -0.2) is 32.7 Å². The molecule has 1 aromatic carbocycles. The Kier molecular flexibility index (Phi) is 5.87. The van der Waals surface area contributed by atoms with Gasteiger partial charge in [0.05, 0.1) is 12.3 Å². The van der Waals surface area contributed by atoms with E-state index in [2.05, 4.69) is 25.6 Å². The van der Waals surface area contributed by atoms with Crippen molar-refractivity contribution >= 4 is 11.8 Å². The highest BCUT2D eigenvalue weighted by Gasteiger charge is 2.10. The van der Waals surface area contributed by atoms with Crippen LogP contribution >= 0.6 is 0 Å². The summed E-state index contributed by atoms with van der Waals surface area (Å²) in [6, 6.07) is 8.48. The summed E-state index contributed by atoms with van der Waals surface area (Å²) in [5.74, 6) is -0.471. The molecular weight excluding hydrogens is 352 g/mol. The summed E-state index contributed by atoms with van der Waals surface area (Å²) >= 11 is 0. The zero-order valence-corrected chi connectivity index (χ0v) is 14.7. The van der Waals surface area contributed by atoms with Crippen molar-refractivity contribution in [2.75, 3.05) is 17.2 Å². The molecule has 3 N–H and O–H groups in total. The lowest BCUT2D eigenvalue weighted by Gasteiger charge is -2.14. The van der Waals surface area contributed by atoms with E-state index < -0.39 is 11.6 Å². The van der Waals surface area contributed by atoms with E-state index in [1.807, 2.05) is 6.07 Å². The number of aromatic nitrogens is 3. The summed E-state index contributed by atoms with van der Waals surface area (Å²) < 4.78 is 26.7. The van der Waals surface area contributed by atoms with Gasteiger partial charge < -0.3 is 15.7 Å². The second-order valence-electron chi connectivity index (χ2n) is 6.06. The summed E-state index contributed by atoms with van der Waals surface area (Å²) in [6.45, 7) is 1.90. The van der Waals surface area contributed by atoms with Crippen molar-refractivity contribution in [3.8, 4) is 11.3 Å². The summed E-state index contributed by atoms with van der Waals surface area (Å²) in [6.07, 6.45) is 3.34. The molecule has 0 aliphatic heterocycles. The number of aliphatic hydroxyl groups is 1. The van der Waals surface area contributed by atoms with Gasteiger partial charge in [-0.25, -0.2) is 13.8 Å². The monoisotopic (exact) mass is 371 g/mol. The standard InChI is InChI=1S/C19H19F2N5O/c1-12(11-27)24-19-25-17(14-3-2-4-22-10-14)8-18(26-19)23-9-13-5-15(20)7-16(21)6-13/h2-8,10,12,27H,9,11H2,1H3,(H2,23,24,25,26)/t12-/m1/s1. The molecule has 140 valence electrons. The van der Waals surface area contributed by atoms with Gasteiger partial charge in [-0.2, -0.15) is 4.98 Å². The zero-order valence-electron chi connectivity index (χ0n) is 14.7. The first kappa shape index (κ1) is 18.7. The average molecular weight is 371 g/mol. The third-order valence-corrected chi connectivity index (χ3v) is 3.73. The number of nitrogens with zero attached hydrogens (tertiary/aromatic N) is 3. The first-order valence-electron chi connectivity index (χ1n) is 8.39. The molecular formula is C19H19F2N5O. The molecule has 8 heteroatoms. The lowest BCUT2D eigenvalue weighted by molar-refractivity contribution is 0.281. The number of pyridine rings is 1. The highest BCUT2D eigenvalue weighted by atomic mass is 19.1. The fourth-order valence-corrected chi connectivity index (χ4v) is 2.44. The van der Waals surface area contributed by atoms with Crippen LogP contribution in [0, 0.1) is 11.6 Å². The second kappa shape index (κ2) is 8.50. The largest absolute Gasteiger partial charge is 0.394 e. The Hall–Kier alpha value is -3.13. The number of rotatable bonds is 7. The van der Waals surface area contributed by atoms with Crippen LogP contribution in [0.1, 0.15) is 12.5 Å². The predicted molar refractivity (Wildman–Crippen MR) is 99.1 cm³/mol. The highest BCUT2D eigenvalue weighted by Crippen LogP contribution is 2.21. The molecule has 0 saturated carbocycles. The Morgan fingerprint density at radius 2 is 1.89 bits per heavy atom. The smallest absolute Gasteiger partial charge is 0.225 e. The van der Waals surface area contributed by atoms with E-state index >= 15 is 0 Å². The average Bonchev–Trinajstić information content (AvgIpc) is 2.66. The fourth-order valence-electron chi connectivity index (χ4n) is 2.44. The number of hydrogen-bond acceptors (Lipinski definition) is 6. The van der Waals surface area contributed by atoms with Crippen LogP contribution in [0.3, 0.4) is 0 Å². The van der Waals surface area contributed by atoms with Gasteiger partial charge in [-0.05, 0) is 36.8 Å². The third kappa shape index (κ3) is 5.18. The van der Waals surface area contributed by atoms with E-state index in [1.165, 1.54) is 12.1 Å². The Morgan fingerprint density at radius 3 is 2.56 bits per heavy atom. The SMILES string of the molecule is C[C@H](CO)Nc1nc(NCc2cc(F)cc(F)c2)cc(-c2cccnc2)n1. The van der Waals surface area contributed by atoms with E-state index in [1.54, 1.807) is 31.5 Å². The maximum Gasteiger partial charge on any atom is 0.225 e. The first-order chi connectivity index (χ1) is 13.0. The molecule has 0 bridgehead atoms. The third-order valence-electron chi connectivity index (χ3n) is 3.73. The molecule has 0 aliphatic rings. The normalized spacial score (nSPS) is 11.9. The van der Waals surface area contributed by atoms with Crippen LogP contribution < -0.4 is 10.6 Å². The Balaban J connectivity index is 1.87. The van der Waals surface area contributed by atoms with Crippen molar-refractivity contribution < 1.29 is 13.9 Å². The quantitative estimate of drug-likeness (QED) is 0.592. The van der Waals surface area contributed by atoms with Gasteiger partial charge in [0.2, 0.25) is 5.95 Å². The van der Waals surface area contributed by atoms with Crippen molar-refractivity contribution in [3.05, 3.63) is 66.0 Å². The minimum absolute atomic E-state index is 0.0776. The Morgan fingerprint density at radius 1 is 1.11 bits per heavy atom. The van der Waals surface area contributed by atoms with Gasteiger partial charge in [0.25, 0.3) is 0 Å². The van der Waals surface area contributed by atoms with E-state index in [4.69, 9.17) is 0 Å². The van der Waals surface area contributed by atoms with Crippen molar-refractivity contribution in [1.82, 2.24) is 15.0 Å². The summed E-state index contributed by atoms with van der Waals surface area (Å²) in [5.41, 5.74) is 1.87. The van der Waals surface area contributed by atoms with Crippen molar-refractivity contribution in [2.24, 2.45) is 0 Å². The van der Waals surface area contributed by atoms with Crippen LogP contribution in [0.25, 0.3) is 11.3 Å². The molecule has 0 fully saturated rings. The molecule has 0 radical (unpaired) electrons. The van der Waals surface area contributed by atoms with E-state index in [0.29, 0.717) is 23.0 Å². The molecule has 3 rings (SSSR count). The minimum Gasteiger partial charge on any atom is -0.394 e. The van der Waals surface area contributed by atoms with Gasteiger partial charge in [0.15, 0.2) is 0 Å². The molecule has 2 aromatic heterocycles. The minimum atomic E-state index is -0.635. The molecule has 6 nitrogen and oxygen atoms in total. The molecule has 0 saturated heterocycles. The molecule has 0 aliphatic carbocycles. The lowest BCUT2D eigenvalue weighted by atomic mass is 10.2. The number of halogens is 2. The van der Waals surface area contributed by atoms with Gasteiger partial charge in [0.1, 0.15) is 17.5 Å².